The maximum absolute atomic E-state index is 14.6. The van der Waals surface area contributed by atoms with Crippen molar-refractivity contribution in [2.45, 2.75) is 63.6 Å². The Balaban J connectivity index is 1.85. The molecule has 0 fully saturated rings. The van der Waals surface area contributed by atoms with Crippen LogP contribution in [0.4, 0.5) is 5.69 Å². The molecule has 1 N–H and O–H groups in total. The molecule has 10 heteroatoms. The molecule has 0 aliphatic rings. The predicted molar refractivity (Wildman–Crippen MR) is 186 cm³/mol. The highest BCUT2D eigenvalue weighted by atomic mass is 35.5. The first-order chi connectivity index (χ1) is 21.8. The van der Waals surface area contributed by atoms with Crippen LogP contribution in [0.15, 0.2) is 108 Å². The number of aryl methyl sites for hydroxylation is 1. The van der Waals surface area contributed by atoms with E-state index in [1.807, 2.05) is 70.2 Å². The molecule has 0 saturated heterocycles. The first-order valence-electron chi connectivity index (χ1n) is 15.0. The quantitative estimate of drug-likeness (QED) is 0.170. The highest BCUT2D eigenvalue weighted by Gasteiger charge is 2.36. The molecule has 4 aromatic carbocycles. The summed E-state index contributed by atoms with van der Waals surface area (Å²) in [5, 5.41) is 3.68. The van der Waals surface area contributed by atoms with Crippen LogP contribution < -0.4 is 9.62 Å². The highest BCUT2D eigenvalue weighted by Crippen LogP contribution is 2.29. The fourth-order valence-electron chi connectivity index (χ4n) is 5.13. The Morgan fingerprint density at radius 3 is 2.02 bits per heavy atom. The minimum atomic E-state index is -4.19. The normalized spacial score (nSPS) is 12.3. The van der Waals surface area contributed by atoms with E-state index in [1.165, 1.54) is 17.0 Å². The number of halogens is 2. The monoisotopic (exact) mass is 679 g/mol. The SMILES string of the molecule is CCc1ccccc1N(CC(=O)N(Cc1ccc(Cl)c(Cl)c1)[C@@H](Cc1ccccc1)C(=O)NC(C)(C)C)S(=O)(=O)c1ccccc1. The van der Waals surface area contributed by atoms with Crippen molar-refractivity contribution in [3.05, 3.63) is 130 Å². The van der Waals surface area contributed by atoms with Gasteiger partial charge < -0.3 is 10.2 Å². The maximum Gasteiger partial charge on any atom is 0.264 e. The first kappa shape index (κ1) is 35.0. The van der Waals surface area contributed by atoms with E-state index in [0.717, 1.165) is 15.4 Å². The van der Waals surface area contributed by atoms with E-state index in [-0.39, 0.29) is 23.8 Å². The van der Waals surface area contributed by atoms with Crippen LogP contribution in [0.3, 0.4) is 0 Å². The van der Waals surface area contributed by atoms with E-state index in [1.54, 1.807) is 48.5 Å². The molecule has 0 bridgehead atoms. The molecule has 0 aliphatic heterocycles. The lowest BCUT2D eigenvalue weighted by molar-refractivity contribution is -0.140. The molecule has 4 aromatic rings. The molecule has 0 saturated carbocycles. The first-order valence-corrected chi connectivity index (χ1v) is 17.2. The standard InChI is InChI=1S/C36H39Cl2N3O4S/c1-5-28-16-12-13-19-32(28)41(46(44,45)29-17-10-7-11-18-29)25-34(42)40(24-27-20-21-30(37)31(38)22-27)33(35(43)39-36(2,3)4)23-26-14-8-6-9-15-26/h6-22,33H,5,23-25H2,1-4H3,(H,39,43)/t33-/m0/s1. The van der Waals surface area contributed by atoms with Crippen molar-refractivity contribution in [1.29, 1.82) is 0 Å². The zero-order chi connectivity index (χ0) is 33.5. The number of amides is 2. The molecule has 1 atom stereocenters. The Bertz CT molecular complexity index is 1760. The summed E-state index contributed by atoms with van der Waals surface area (Å²) in [6, 6.07) is 28.6. The minimum absolute atomic E-state index is 0.0144. The van der Waals surface area contributed by atoms with Crippen LogP contribution in [0.2, 0.25) is 10.0 Å². The predicted octanol–water partition coefficient (Wildman–Crippen LogP) is 7.31. The van der Waals surface area contributed by atoms with Crippen molar-refractivity contribution in [1.82, 2.24) is 10.2 Å². The topological polar surface area (TPSA) is 86.8 Å². The highest BCUT2D eigenvalue weighted by molar-refractivity contribution is 7.92. The van der Waals surface area contributed by atoms with Crippen LogP contribution in [0.25, 0.3) is 0 Å². The summed E-state index contributed by atoms with van der Waals surface area (Å²) >= 11 is 12.6. The number of benzene rings is 4. The van der Waals surface area contributed by atoms with Crippen molar-refractivity contribution in [2.75, 3.05) is 10.8 Å². The fraction of sp³-hybridized carbons (Fsp3) is 0.278. The summed E-state index contributed by atoms with van der Waals surface area (Å²) in [6.07, 6.45) is 0.746. The zero-order valence-electron chi connectivity index (χ0n) is 26.4. The van der Waals surface area contributed by atoms with Crippen LogP contribution in [-0.2, 0) is 39.0 Å². The zero-order valence-corrected chi connectivity index (χ0v) is 28.7. The van der Waals surface area contributed by atoms with Gasteiger partial charge in [-0.25, -0.2) is 8.42 Å². The average molecular weight is 681 g/mol. The summed E-state index contributed by atoms with van der Waals surface area (Å²) in [5.41, 5.74) is 2.05. The number of sulfonamides is 1. The van der Waals surface area contributed by atoms with Gasteiger partial charge in [-0.3, -0.25) is 13.9 Å². The van der Waals surface area contributed by atoms with Gasteiger partial charge in [-0.15, -0.1) is 0 Å². The molecule has 242 valence electrons. The lowest BCUT2D eigenvalue weighted by atomic mass is 10.0. The van der Waals surface area contributed by atoms with E-state index < -0.39 is 34.1 Å². The lowest BCUT2D eigenvalue weighted by Gasteiger charge is -2.35. The molecule has 4 rings (SSSR count). The molecule has 0 spiro atoms. The van der Waals surface area contributed by atoms with Gasteiger partial charge in [0.2, 0.25) is 11.8 Å². The van der Waals surface area contributed by atoms with Gasteiger partial charge in [-0.05, 0) is 74.2 Å². The van der Waals surface area contributed by atoms with Crippen molar-refractivity contribution >= 4 is 50.7 Å². The fourth-order valence-corrected chi connectivity index (χ4v) is 6.92. The summed E-state index contributed by atoms with van der Waals surface area (Å²) < 4.78 is 29.6. The summed E-state index contributed by atoms with van der Waals surface area (Å²) in [6.45, 7) is 6.97. The van der Waals surface area contributed by atoms with Crippen LogP contribution in [-0.4, -0.2) is 43.3 Å². The van der Waals surface area contributed by atoms with Gasteiger partial charge in [-0.1, -0.05) is 103 Å². The van der Waals surface area contributed by atoms with Gasteiger partial charge in [0.1, 0.15) is 12.6 Å². The van der Waals surface area contributed by atoms with Gasteiger partial charge >= 0.3 is 0 Å². The third-order valence-electron chi connectivity index (χ3n) is 7.36. The smallest absolute Gasteiger partial charge is 0.264 e. The van der Waals surface area contributed by atoms with Crippen LogP contribution in [0.1, 0.15) is 44.4 Å². The second kappa shape index (κ2) is 15.2. The summed E-state index contributed by atoms with van der Waals surface area (Å²) in [7, 11) is -4.19. The van der Waals surface area contributed by atoms with E-state index in [0.29, 0.717) is 27.7 Å². The van der Waals surface area contributed by atoms with Crippen molar-refractivity contribution in [2.24, 2.45) is 0 Å². The third kappa shape index (κ3) is 8.90. The molecule has 0 heterocycles. The van der Waals surface area contributed by atoms with Gasteiger partial charge in [0.05, 0.1) is 20.6 Å². The van der Waals surface area contributed by atoms with Gasteiger partial charge in [-0.2, -0.15) is 0 Å². The van der Waals surface area contributed by atoms with E-state index in [4.69, 9.17) is 23.2 Å². The maximum atomic E-state index is 14.6. The number of hydrogen-bond donors (Lipinski definition) is 1. The number of nitrogens with one attached hydrogen (secondary N) is 1. The molecule has 46 heavy (non-hydrogen) atoms. The van der Waals surface area contributed by atoms with Crippen LogP contribution in [0, 0.1) is 0 Å². The Hall–Kier alpha value is -3.85. The number of rotatable bonds is 12. The van der Waals surface area contributed by atoms with Gasteiger partial charge in [0.15, 0.2) is 0 Å². The van der Waals surface area contributed by atoms with Crippen LogP contribution in [0.5, 0.6) is 0 Å². The molecule has 0 aliphatic carbocycles. The van der Waals surface area contributed by atoms with Gasteiger partial charge in [0, 0.05) is 18.5 Å². The third-order valence-corrected chi connectivity index (χ3v) is 9.87. The van der Waals surface area contributed by atoms with Crippen molar-refractivity contribution in [3.63, 3.8) is 0 Å². The molecule has 0 aromatic heterocycles. The Labute approximate surface area is 282 Å². The molecule has 7 nitrogen and oxygen atoms in total. The minimum Gasteiger partial charge on any atom is -0.350 e. The average Bonchev–Trinajstić information content (AvgIpc) is 3.03. The lowest BCUT2D eigenvalue weighted by Crippen LogP contribution is -2.56. The van der Waals surface area contributed by atoms with E-state index >= 15 is 0 Å². The molecule has 0 radical (unpaired) electrons. The number of carbonyl (C=O) groups is 2. The van der Waals surface area contributed by atoms with E-state index in [9.17, 15) is 18.0 Å². The number of para-hydroxylation sites is 1. The van der Waals surface area contributed by atoms with Crippen molar-refractivity contribution < 1.29 is 18.0 Å². The second-order valence-electron chi connectivity index (χ2n) is 12.0. The van der Waals surface area contributed by atoms with Crippen LogP contribution >= 0.6 is 23.2 Å². The van der Waals surface area contributed by atoms with E-state index in [2.05, 4.69) is 5.32 Å². The molecule has 0 unspecified atom stereocenters. The number of nitrogens with zero attached hydrogens (tertiary/aromatic N) is 2. The summed E-state index contributed by atoms with van der Waals surface area (Å²) in [5.74, 6) is -0.919. The molecular formula is C36H39Cl2N3O4S. The summed E-state index contributed by atoms with van der Waals surface area (Å²) in [4.78, 5) is 30.1. The Morgan fingerprint density at radius 2 is 1.41 bits per heavy atom. The molecular weight excluding hydrogens is 641 g/mol. The molecule has 2 amide bonds. The van der Waals surface area contributed by atoms with Crippen molar-refractivity contribution in [3.8, 4) is 0 Å². The second-order valence-corrected chi connectivity index (χ2v) is 14.7. The number of carbonyl (C=O) groups excluding carboxylic acids is 2. The number of hydrogen-bond acceptors (Lipinski definition) is 4. The Kier molecular flexibility index (Phi) is 11.5. The Morgan fingerprint density at radius 1 is 0.804 bits per heavy atom. The largest absolute Gasteiger partial charge is 0.350 e. The van der Waals surface area contributed by atoms with Gasteiger partial charge in [0.25, 0.3) is 10.0 Å². The number of anilines is 1.